The molecule has 0 amide bonds. The Kier molecular flexibility index (Phi) is 4.93. The number of aliphatic hydroxyl groups excluding tert-OH is 1. The molecule has 0 saturated heterocycles. The molecule has 0 saturated carbocycles. The minimum Gasteiger partial charge on any atom is -0.488 e. The number of hydrogen-bond acceptors (Lipinski definition) is 4. The van der Waals surface area contributed by atoms with E-state index >= 15 is 0 Å². The average Bonchev–Trinajstić information content (AvgIpc) is 2.46. The minimum atomic E-state index is -0.624. The summed E-state index contributed by atoms with van der Waals surface area (Å²) in [6.45, 7) is 1.92. The summed E-state index contributed by atoms with van der Waals surface area (Å²) < 4.78 is 6.32. The molecule has 0 heterocycles. The summed E-state index contributed by atoms with van der Waals surface area (Å²) in [5.41, 5.74) is 1.52. The smallest absolute Gasteiger partial charge is 0.270 e. The van der Waals surface area contributed by atoms with E-state index in [-0.39, 0.29) is 12.3 Å². The van der Waals surface area contributed by atoms with Crippen LogP contribution in [0.3, 0.4) is 0 Å². The fourth-order valence-electron chi connectivity index (χ4n) is 1.88. The van der Waals surface area contributed by atoms with Gasteiger partial charge in [-0.1, -0.05) is 34.1 Å². The molecule has 0 aromatic heterocycles. The summed E-state index contributed by atoms with van der Waals surface area (Å²) in [4.78, 5) is 10.2. The minimum absolute atomic E-state index is 0.0232. The molecular formula is C15H14BrNO4. The van der Waals surface area contributed by atoms with Gasteiger partial charge in [-0.05, 0) is 19.1 Å². The first kappa shape index (κ1) is 15.5. The maximum atomic E-state index is 10.7. The van der Waals surface area contributed by atoms with Crippen molar-refractivity contribution in [1.82, 2.24) is 0 Å². The predicted molar refractivity (Wildman–Crippen MR) is 82.2 cm³/mol. The van der Waals surface area contributed by atoms with Crippen molar-refractivity contribution in [3.63, 3.8) is 0 Å². The molecule has 0 aliphatic carbocycles. The molecule has 1 N–H and O–H groups in total. The van der Waals surface area contributed by atoms with Gasteiger partial charge in [0.25, 0.3) is 5.69 Å². The summed E-state index contributed by atoms with van der Waals surface area (Å²) >= 11 is 3.30. The fourth-order valence-corrected chi connectivity index (χ4v) is 2.36. The zero-order chi connectivity index (χ0) is 15.4. The Hall–Kier alpha value is -1.92. The number of non-ortho nitro benzene ring substituents is 1. The Morgan fingerprint density at radius 3 is 2.67 bits per heavy atom. The quantitative estimate of drug-likeness (QED) is 0.652. The van der Waals surface area contributed by atoms with Gasteiger partial charge in [-0.3, -0.25) is 10.1 Å². The molecule has 2 aromatic carbocycles. The van der Waals surface area contributed by atoms with Crippen LogP contribution in [0.1, 0.15) is 24.2 Å². The number of nitrogens with zero attached hydrogens (tertiary/aromatic N) is 1. The molecule has 110 valence electrons. The van der Waals surface area contributed by atoms with Gasteiger partial charge in [0.05, 0.1) is 11.0 Å². The first-order chi connectivity index (χ1) is 9.99. The van der Waals surface area contributed by atoms with E-state index < -0.39 is 11.0 Å². The van der Waals surface area contributed by atoms with Crippen LogP contribution in [0, 0.1) is 10.1 Å². The van der Waals surface area contributed by atoms with Crippen LogP contribution in [-0.4, -0.2) is 10.0 Å². The van der Waals surface area contributed by atoms with Gasteiger partial charge in [-0.15, -0.1) is 0 Å². The molecule has 1 atom stereocenters. The van der Waals surface area contributed by atoms with E-state index in [1.54, 1.807) is 25.1 Å². The highest BCUT2D eigenvalue weighted by Gasteiger charge is 2.11. The maximum Gasteiger partial charge on any atom is 0.270 e. The number of benzene rings is 2. The monoisotopic (exact) mass is 351 g/mol. The van der Waals surface area contributed by atoms with Crippen LogP contribution in [0.4, 0.5) is 5.69 Å². The molecule has 0 spiro atoms. The first-order valence-electron chi connectivity index (χ1n) is 6.31. The maximum absolute atomic E-state index is 10.7. The molecule has 0 bridgehead atoms. The van der Waals surface area contributed by atoms with Crippen molar-refractivity contribution in [2.24, 2.45) is 0 Å². The second-order valence-electron chi connectivity index (χ2n) is 4.54. The lowest BCUT2D eigenvalue weighted by Gasteiger charge is -2.13. The molecule has 6 heteroatoms. The third-order valence-electron chi connectivity index (χ3n) is 3.00. The standard InChI is InChI=1S/C15H14BrNO4/c1-10(18)13-4-2-3-5-15(13)21-9-11-6-7-12(17(19)20)8-14(11)16/h2-8,10,18H,9H2,1H3/t10-/m0/s1. The van der Waals surface area contributed by atoms with Gasteiger partial charge in [0.1, 0.15) is 12.4 Å². The molecular weight excluding hydrogens is 338 g/mol. The van der Waals surface area contributed by atoms with Gasteiger partial charge in [-0.25, -0.2) is 0 Å². The number of halogens is 1. The van der Waals surface area contributed by atoms with Gasteiger partial charge < -0.3 is 9.84 Å². The van der Waals surface area contributed by atoms with Crippen LogP contribution in [0.15, 0.2) is 46.9 Å². The van der Waals surface area contributed by atoms with Crippen LogP contribution < -0.4 is 4.74 Å². The lowest BCUT2D eigenvalue weighted by atomic mass is 10.1. The zero-order valence-electron chi connectivity index (χ0n) is 11.3. The lowest BCUT2D eigenvalue weighted by molar-refractivity contribution is -0.384. The van der Waals surface area contributed by atoms with E-state index in [9.17, 15) is 15.2 Å². The molecule has 0 radical (unpaired) electrons. The molecule has 2 rings (SSSR count). The highest BCUT2D eigenvalue weighted by molar-refractivity contribution is 9.10. The summed E-state index contributed by atoms with van der Waals surface area (Å²) in [5, 5.41) is 20.4. The molecule has 2 aromatic rings. The largest absolute Gasteiger partial charge is 0.488 e. The van der Waals surface area contributed by atoms with Crippen molar-refractivity contribution < 1.29 is 14.8 Å². The zero-order valence-corrected chi connectivity index (χ0v) is 12.9. The number of ether oxygens (including phenoxy) is 1. The average molecular weight is 352 g/mol. The number of para-hydroxylation sites is 1. The Morgan fingerprint density at radius 1 is 1.33 bits per heavy atom. The SMILES string of the molecule is C[C@H](O)c1ccccc1OCc1ccc([N+](=O)[O-])cc1Br. The molecule has 0 aliphatic rings. The van der Waals surface area contributed by atoms with Crippen LogP contribution in [0.5, 0.6) is 5.75 Å². The summed E-state index contributed by atoms with van der Waals surface area (Å²) in [7, 11) is 0. The van der Waals surface area contributed by atoms with Crippen molar-refractivity contribution in [1.29, 1.82) is 0 Å². The third-order valence-corrected chi connectivity index (χ3v) is 3.74. The molecule has 5 nitrogen and oxygen atoms in total. The first-order valence-corrected chi connectivity index (χ1v) is 7.11. The number of nitro groups is 1. The van der Waals surface area contributed by atoms with Gasteiger partial charge >= 0.3 is 0 Å². The topological polar surface area (TPSA) is 72.6 Å². The van der Waals surface area contributed by atoms with Crippen molar-refractivity contribution in [2.45, 2.75) is 19.6 Å². The van der Waals surface area contributed by atoms with Gasteiger partial charge in [0, 0.05) is 27.7 Å². The van der Waals surface area contributed by atoms with Gasteiger partial charge in [0.2, 0.25) is 0 Å². The van der Waals surface area contributed by atoms with Crippen LogP contribution in [-0.2, 0) is 6.61 Å². The summed E-state index contributed by atoms with van der Waals surface area (Å²) in [6.07, 6.45) is -0.624. The summed E-state index contributed by atoms with van der Waals surface area (Å²) in [6, 6.07) is 11.8. The molecule has 0 aliphatic heterocycles. The normalized spacial score (nSPS) is 12.0. The Bertz CT molecular complexity index is 658. The fraction of sp³-hybridized carbons (Fsp3) is 0.200. The number of hydrogen-bond donors (Lipinski definition) is 1. The Labute approximate surface area is 130 Å². The van der Waals surface area contributed by atoms with Crippen molar-refractivity contribution >= 4 is 21.6 Å². The second kappa shape index (κ2) is 6.69. The Balaban J connectivity index is 2.15. The van der Waals surface area contributed by atoms with E-state index in [1.807, 2.05) is 12.1 Å². The number of nitro benzene ring substituents is 1. The lowest BCUT2D eigenvalue weighted by Crippen LogP contribution is -2.01. The van der Waals surface area contributed by atoms with E-state index in [4.69, 9.17) is 4.74 Å². The van der Waals surface area contributed by atoms with E-state index in [0.29, 0.717) is 15.8 Å². The number of rotatable bonds is 5. The highest BCUT2D eigenvalue weighted by atomic mass is 79.9. The highest BCUT2D eigenvalue weighted by Crippen LogP contribution is 2.28. The van der Waals surface area contributed by atoms with Crippen LogP contribution in [0.25, 0.3) is 0 Å². The predicted octanol–water partition coefficient (Wildman–Crippen LogP) is 3.99. The molecule has 0 unspecified atom stereocenters. The van der Waals surface area contributed by atoms with Crippen LogP contribution >= 0.6 is 15.9 Å². The van der Waals surface area contributed by atoms with E-state index in [2.05, 4.69) is 15.9 Å². The van der Waals surface area contributed by atoms with Gasteiger partial charge in [-0.2, -0.15) is 0 Å². The second-order valence-corrected chi connectivity index (χ2v) is 5.39. The van der Waals surface area contributed by atoms with Crippen molar-refractivity contribution in [3.8, 4) is 5.75 Å². The molecule has 21 heavy (non-hydrogen) atoms. The van der Waals surface area contributed by atoms with E-state index in [1.165, 1.54) is 12.1 Å². The number of aliphatic hydroxyl groups is 1. The third kappa shape index (κ3) is 3.80. The van der Waals surface area contributed by atoms with Crippen molar-refractivity contribution in [3.05, 3.63) is 68.2 Å². The van der Waals surface area contributed by atoms with Crippen molar-refractivity contribution in [2.75, 3.05) is 0 Å². The summed E-state index contributed by atoms with van der Waals surface area (Å²) in [5.74, 6) is 0.595. The Morgan fingerprint density at radius 2 is 2.05 bits per heavy atom. The molecule has 0 fully saturated rings. The van der Waals surface area contributed by atoms with Crippen LogP contribution in [0.2, 0.25) is 0 Å². The van der Waals surface area contributed by atoms with Gasteiger partial charge in [0.15, 0.2) is 0 Å². The van der Waals surface area contributed by atoms with E-state index in [0.717, 1.165) is 5.56 Å².